The molecule has 0 saturated carbocycles. The van der Waals surface area contributed by atoms with Gasteiger partial charge in [0.15, 0.2) is 6.23 Å². The number of hydrogen-bond acceptors (Lipinski definition) is 14. The first kappa shape index (κ1) is 75.6. The molecule has 0 spiro atoms. The number of imidazole rings is 1. The molecular weight excluding hydrogens is 1270 g/mol. The van der Waals surface area contributed by atoms with Crippen molar-refractivity contribution in [3.63, 3.8) is 0 Å². The zero-order valence-corrected chi connectivity index (χ0v) is 56.7. The van der Waals surface area contributed by atoms with Crippen LogP contribution in [0.15, 0.2) is 52.8 Å². The molecule has 517 valence electrons. The number of nitrogens with one attached hydrogen (secondary N) is 1. The van der Waals surface area contributed by atoms with E-state index < -0.39 is 161 Å². The first-order valence-electron chi connectivity index (χ1n) is 31.1. The van der Waals surface area contributed by atoms with E-state index >= 15 is 0 Å². The van der Waals surface area contributed by atoms with Crippen LogP contribution in [0.2, 0.25) is 0 Å². The molecule has 8 rings (SSSR count). The van der Waals surface area contributed by atoms with E-state index in [4.69, 9.17) is 81.3 Å². The van der Waals surface area contributed by atoms with Crippen LogP contribution < -0.4 is 49.3 Å². The van der Waals surface area contributed by atoms with E-state index in [-0.39, 0.29) is 94.0 Å². The summed E-state index contributed by atoms with van der Waals surface area (Å²) in [4.78, 5) is 109. The molecule has 8 bridgehead atoms. The third-order valence-electron chi connectivity index (χ3n) is 21.2. The van der Waals surface area contributed by atoms with Crippen LogP contribution in [-0.2, 0) is 68.7 Å². The number of benzene rings is 1. The monoisotopic (exact) mass is 1360 g/mol. The van der Waals surface area contributed by atoms with E-state index in [1.54, 1.807) is 4.57 Å². The number of phosphoric acid groups is 1. The minimum absolute atomic E-state index is 0. The third-order valence-corrected chi connectivity index (χ3v) is 22.3. The van der Waals surface area contributed by atoms with Crippen LogP contribution in [0.3, 0.4) is 0 Å². The van der Waals surface area contributed by atoms with Gasteiger partial charge in [-0.2, -0.15) is 17.1 Å². The topological polar surface area (TPSA) is 491 Å². The molecule has 7 heterocycles. The number of allylic oxidation sites excluding steroid dienone is 3. The van der Waals surface area contributed by atoms with E-state index in [0.29, 0.717) is 39.3 Å². The molecule has 3 unspecified atom stereocenters. The number of aliphatic hydroxyl groups excluding tert-OH is 2. The maximum absolute atomic E-state index is 14.4. The Balaban J connectivity index is 0.00000453. The maximum atomic E-state index is 14.4. The number of hydrogen-bond donors (Lipinski definition) is 10. The number of aryl methyl sites for hydroxylation is 2. The summed E-state index contributed by atoms with van der Waals surface area (Å²) in [6, 6.07) is 0.417. The summed E-state index contributed by atoms with van der Waals surface area (Å²) in [5.74, 6) is -6.86. The fourth-order valence-electron chi connectivity index (χ4n) is 16.1. The number of nitrogens with zero attached hydrogens (tertiary/aromatic N) is 7. The molecule has 0 aliphatic carbocycles. The van der Waals surface area contributed by atoms with Crippen molar-refractivity contribution in [2.75, 3.05) is 13.2 Å². The van der Waals surface area contributed by atoms with Crippen LogP contribution in [0, 0.1) is 71.0 Å². The number of fused-ring (bicyclic) bond motifs is 10. The van der Waals surface area contributed by atoms with Gasteiger partial charge in [0.05, 0.1) is 30.1 Å². The van der Waals surface area contributed by atoms with Crippen molar-refractivity contribution >= 4 is 60.2 Å². The smallest absolute Gasteiger partial charge is 0.472 e. The van der Waals surface area contributed by atoms with Crippen molar-refractivity contribution in [3.8, 4) is 0 Å². The van der Waals surface area contributed by atoms with Crippen LogP contribution >= 0.6 is 7.82 Å². The molecule has 1 aromatic heterocycles. The van der Waals surface area contributed by atoms with E-state index in [1.807, 2.05) is 87.4 Å². The van der Waals surface area contributed by atoms with Gasteiger partial charge in [-0.05, 0) is 129 Å². The van der Waals surface area contributed by atoms with Crippen molar-refractivity contribution in [1.82, 2.24) is 10.3 Å². The second-order valence-corrected chi connectivity index (χ2v) is 28.9. The van der Waals surface area contributed by atoms with Crippen molar-refractivity contribution in [2.45, 2.75) is 207 Å². The van der Waals surface area contributed by atoms with Gasteiger partial charge >= 0.3 is 7.82 Å². The first-order valence-corrected chi connectivity index (χ1v) is 32.6. The van der Waals surface area contributed by atoms with Crippen molar-refractivity contribution < 1.29 is 88.4 Å². The fraction of sp³-hybridized carbons (Fsp3) is 0.667. The summed E-state index contributed by atoms with van der Waals surface area (Å²) in [6.07, 6.45) is -3.96. The predicted octanol–water partition coefficient (Wildman–Crippen LogP) is 3.99. The van der Waals surface area contributed by atoms with Gasteiger partial charge in [0.2, 0.25) is 41.4 Å². The Morgan fingerprint density at radius 1 is 0.753 bits per heavy atom. The number of amides is 7. The normalized spacial score (nSPS) is 35.5. The molecule has 5 fully saturated rings. The zero-order valence-electron chi connectivity index (χ0n) is 54.7. The van der Waals surface area contributed by atoms with Gasteiger partial charge in [0, 0.05) is 68.3 Å². The number of primary amides is 6. The summed E-state index contributed by atoms with van der Waals surface area (Å²) in [7, 11) is -5.06. The third kappa shape index (κ3) is 14.8. The van der Waals surface area contributed by atoms with Gasteiger partial charge in [-0.1, -0.05) is 53.6 Å². The van der Waals surface area contributed by atoms with E-state index in [9.17, 15) is 53.2 Å². The van der Waals surface area contributed by atoms with Crippen molar-refractivity contribution in [1.29, 1.82) is 5.26 Å². The van der Waals surface area contributed by atoms with E-state index in [1.165, 1.54) is 13.3 Å². The Bertz CT molecular complexity index is 3390. The van der Waals surface area contributed by atoms with Crippen LogP contribution in [0.25, 0.3) is 32.3 Å². The number of carbonyl (C=O) groups excluding carboxylic acids is 7. The molecule has 1 aromatic carbocycles. The molecule has 28 nitrogen and oxygen atoms in total. The number of ether oxygens (including phenoxy) is 1. The number of aliphatic hydroxyl groups is 2. The second kappa shape index (κ2) is 28.9. The van der Waals surface area contributed by atoms with Crippen molar-refractivity contribution in [2.24, 2.45) is 79.7 Å². The van der Waals surface area contributed by atoms with Crippen LogP contribution in [0.4, 0.5) is 0 Å². The minimum Gasteiger partial charge on any atom is -0.685 e. The summed E-state index contributed by atoms with van der Waals surface area (Å²) < 4.78 is 32.3. The first-order chi connectivity index (χ1) is 42.8. The van der Waals surface area contributed by atoms with Gasteiger partial charge in [-0.3, -0.25) is 42.6 Å². The molecular formula is C63H92CoN14O14P-5. The van der Waals surface area contributed by atoms with E-state index in [2.05, 4.69) is 10.3 Å². The second-order valence-electron chi connectivity index (χ2n) is 27.5. The van der Waals surface area contributed by atoms with E-state index in [0.717, 1.165) is 11.1 Å². The van der Waals surface area contributed by atoms with Crippen LogP contribution in [0.1, 0.15) is 150 Å². The van der Waals surface area contributed by atoms with Crippen LogP contribution in [0.5, 0.6) is 0 Å². The average molecular weight is 1360 g/mol. The Labute approximate surface area is 553 Å². The largest absolute Gasteiger partial charge is 0.685 e. The minimum atomic E-state index is -5.06. The Kier molecular flexibility index (Phi) is 23.5. The summed E-state index contributed by atoms with van der Waals surface area (Å²) in [6.45, 7) is 24.2. The number of phosphoric ester groups is 1. The molecule has 5 saturated heterocycles. The zero-order chi connectivity index (χ0) is 68.7. The summed E-state index contributed by atoms with van der Waals surface area (Å²) in [5, 5.41) is 53.2. The maximum Gasteiger partial charge on any atom is 0.472 e. The Morgan fingerprint density at radius 2 is 1.31 bits per heavy atom. The number of aromatic nitrogens is 2. The summed E-state index contributed by atoms with van der Waals surface area (Å²) in [5.41, 5.74) is 36.2. The predicted molar refractivity (Wildman–Crippen MR) is 336 cm³/mol. The molecule has 6 aliphatic rings. The van der Waals surface area contributed by atoms with Gasteiger partial charge in [-0.15, -0.1) is 34.8 Å². The van der Waals surface area contributed by atoms with Gasteiger partial charge in [0.25, 0.3) is 0 Å². The fourth-order valence-corrected chi connectivity index (χ4v) is 17.3. The molecule has 1 radical (unpaired) electrons. The Morgan fingerprint density at radius 3 is 1.88 bits per heavy atom. The summed E-state index contributed by atoms with van der Waals surface area (Å²) >= 11 is 0. The number of carbonyl (C=O) groups is 7. The molecule has 2 aromatic rings. The molecule has 18 atom stereocenters. The quantitative estimate of drug-likeness (QED) is 0.0361. The molecule has 30 heteroatoms. The molecule has 16 N–H and O–H groups in total. The standard InChI is InChI=1S/C62H92N13O14P.CN.Co/c1-29-20-39-40(21-30(29)2)75(28-70-39)57-52(84)53(41(27-76)87-57)89-90(85,86)88-31(3)26-69-49(83)18-19-59(8)37(22-46(66)80)56-62(11)61(10,25-48(68)82)36(14-17-45(65)79)51(74-62)33(5)55-60(9,24-47(67)81)34(12-15-43(63)77)38(71-55)23-42-58(6,7)35(13-16-44(64)78)50(72-42)32(4)54(59)73-56;1-2;/h20-21,23,28,31,34-38,41,50-53,56-57,76,84H,12-19,22,24-27H2,1-11H3,(H14,63,64,65,66,67,68,69,77,78,79,80,81,82,83,85,86);;/q-4;-1;/b42-23-,54-32-,55-33-;;/t31-,34-,35-,36-,37+,38-,41-,50?,51?,52-,53-,56-,57+,59-,60+,61+,62+;;/m1../s1. The van der Waals surface area contributed by atoms with Gasteiger partial charge in [0.1, 0.15) is 18.3 Å². The molecule has 7 amide bonds. The van der Waals surface area contributed by atoms with Gasteiger partial charge in [-0.25, -0.2) is 9.55 Å². The van der Waals surface area contributed by atoms with Gasteiger partial charge < -0.3 is 97.2 Å². The SMILES string of the molecule is C/C1=C2/[N-][C@H]([C@H](CC(N)=O)[C@@]2(C)CCC(=O)NC[C@@H](C)OP(=O)(O)O[C@H]2[C@@H](O)[C@@H]([n+]3c[n-]c4cc(C)c(C)cc43)O[C@@H]2CO)[C@]2(C)[N-]C(/C(C)=C3\[N-][C@H](/C=C4\[N-]C1[C@@H](CCC(N)=O)C4(C)C)[C@@H](CCC(N)=O)[C@]3(C)CC(N)=O)[C@@H](CCC(N)=O)[C@]2(C)CC(N)=O.[C-]#N.[Co]. The molecule has 6 aliphatic heterocycles. The van der Waals surface area contributed by atoms with Crippen LogP contribution in [-0.4, -0.2) is 124 Å². The average Bonchev–Trinajstić information content (AvgIpc) is 1.53. The Hall–Kier alpha value is -6.45. The molecule has 93 heavy (non-hydrogen) atoms. The number of rotatable bonds is 26. The number of nitrogens with two attached hydrogens (primary N) is 6. The van der Waals surface area contributed by atoms with Crippen molar-refractivity contribution in [3.05, 3.63) is 91.7 Å².